The van der Waals surface area contributed by atoms with Gasteiger partial charge in [0.05, 0.1) is 6.10 Å². The first-order valence-corrected chi connectivity index (χ1v) is 7.15. The summed E-state index contributed by atoms with van der Waals surface area (Å²) in [4.78, 5) is 0. The molecule has 3 heteroatoms. The van der Waals surface area contributed by atoms with Crippen LogP contribution in [0.3, 0.4) is 0 Å². The molecule has 0 saturated carbocycles. The lowest BCUT2D eigenvalue weighted by atomic mass is 9.73. The molecule has 0 aromatic heterocycles. The van der Waals surface area contributed by atoms with Gasteiger partial charge < -0.3 is 15.6 Å². The van der Waals surface area contributed by atoms with Crippen molar-refractivity contribution in [3.8, 4) is 0 Å². The van der Waals surface area contributed by atoms with E-state index in [-0.39, 0.29) is 5.41 Å². The summed E-state index contributed by atoms with van der Waals surface area (Å²) < 4.78 is 5.40. The highest BCUT2D eigenvalue weighted by Gasteiger charge is 2.39. The molecule has 1 aliphatic rings. The third kappa shape index (κ3) is 2.99. The predicted octanol–water partition coefficient (Wildman–Crippen LogP) is 2.60. The lowest BCUT2D eigenvalue weighted by Gasteiger charge is -2.40. The van der Waals surface area contributed by atoms with Crippen molar-refractivity contribution in [2.75, 3.05) is 19.8 Å². The normalized spacial score (nSPS) is 20.5. The second-order valence-electron chi connectivity index (χ2n) is 5.90. The molecule has 1 aromatic rings. The molecular weight excluding hydrogens is 238 g/mol. The highest BCUT2D eigenvalue weighted by atomic mass is 16.5. The number of aliphatic hydroxyl groups is 1. The average molecular weight is 263 g/mol. The molecule has 19 heavy (non-hydrogen) atoms. The van der Waals surface area contributed by atoms with Crippen LogP contribution in [-0.2, 0) is 4.74 Å². The Hall–Kier alpha value is -0.900. The molecule has 3 N–H and O–H groups in total. The van der Waals surface area contributed by atoms with Gasteiger partial charge in [-0.1, -0.05) is 38.1 Å². The lowest BCUT2D eigenvalue weighted by Crippen LogP contribution is -2.41. The minimum atomic E-state index is -0.498. The van der Waals surface area contributed by atoms with Crippen LogP contribution in [0.25, 0.3) is 0 Å². The molecule has 0 unspecified atom stereocenters. The summed E-state index contributed by atoms with van der Waals surface area (Å²) in [6, 6.07) is 8.28. The number of hydrogen-bond donors (Lipinski definition) is 2. The van der Waals surface area contributed by atoms with Gasteiger partial charge in [-0.2, -0.15) is 0 Å². The van der Waals surface area contributed by atoms with Gasteiger partial charge in [0.25, 0.3) is 0 Å². The topological polar surface area (TPSA) is 55.5 Å². The lowest BCUT2D eigenvalue weighted by molar-refractivity contribution is -0.0581. The molecular formula is C16H25NO2. The number of hydrogen-bond acceptors (Lipinski definition) is 3. The fraction of sp³-hybridized carbons (Fsp3) is 0.625. The monoisotopic (exact) mass is 263 g/mol. The van der Waals surface area contributed by atoms with Gasteiger partial charge in [0.15, 0.2) is 0 Å². The molecule has 3 nitrogen and oxygen atoms in total. The van der Waals surface area contributed by atoms with E-state index >= 15 is 0 Å². The van der Waals surface area contributed by atoms with Crippen molar-refractivity contribution in [3.63, 3.8) is 0 Å². The SMILES string of the molecule is CC(C)c1ccc([C@H](O)C2(CN)CCOCC2)cc1. The Kier molecular flexibility index (Phi) is 4.61. The number of rotatable bonds is 4. The van der Waals surface area contributed by atoms with Crippen molar-refractivity contribution >= 4 is 0 Å². The quantitative estimate of drug-likeness (QED) is 0.878. The molecule has 1 fully saturated rings. The van der Waals surface area contributed by atoms with Crippen molar-refractivity contribution in [3.05, 3.63) is 35.4 Å². The summed E-state index contributed by atoms with van der Waals surface area (Å²) in [6.45, 7) is 6.23. The maximum absolute atomic E-state index is 10.7. The zero-order valence-electron chi connectivity index (χ0n) is 11.9. The summed E-state index contributed by atoms with van der Waals surface area (Å²) in [6.07, 6.45) is 1.16. The summed E-state index contributed by atoms with van der Waals surface area (Å²) in [5, 5.41) is 10.7. The molecule has 1 atom stereocenters. The third-order valence-corrected chi connectivity index (χ3v) is 4.39. The fourth-order valence-electron chi connectivity index (χ4n) is 2.78. The van der Waals surface area contributed by atoms with E-state index in [1.807, 2.05) is 12.1 Å². The summed E-state index contributed by atoms with van der Waals surface area (Å²) in [7, 11) is 0. The Morgan fingerprint density at radius 3 is 2.16 bits per heavy atom. The van der Waals surface area contributed by atoms with Gasteiger partial charge in [0.2, 0.25) is 0 Å². The molecule has 1 aliphatic heterocycles. The number of ether oxygens (including phenoxy) is 1. The van der Waals surface area contributed by atoms with Gasteiger partial charge >= 0.3 is 0 Å². The minimum absolute atomic E-state index is 0.225. The molecule has 0 aliphatic carbocycles. The zero-order valence-corrected chi connectivity index (χ0v) is 11.9. The maximum atomic E-state index is 10.7. The van der Waals surface area contributed by atoms with Crippen molar-refractivity contribution < 1.29 is 9.84 Å². The van der Waals surface area contributed by atoms with E-state index in [2.05, 4.69) is 26.0 Å². The maximum Gasteiger partial charge on any atom is 0.0860 e. The van der Waals surface area contributed by atoms with E-state index in [0.29, 0.717) is 25.7 Å². The van der Waals surface area contributed by atoms with Crippen LogP contribution in [0.15, 0.2) is 24.3 Å². The summed E-state index contributed by atoms with van der Waals surface area (Å²) >= 11 is 0. The van der Waals surface area contributed by atoms with E-state index in [9.17, 15) is 5.11 Å². The van der Waals surface area contributed by atoms with Crippen LogP contribution in [0.5, 0.6) is 0 Å². The fourth-order valence-corrected chi connectivity index (χ4v) is 2.78. The second-order valence-corrected chi connectivity index (χ2v) is 5.90. The Bertz CT molecular complexity index is 394. The minimum Gasteiger partial charge on any atom is -0.388 e. The molecule has 0 bridgehead atoms. The van der Waals surface area contributed by atoms with Gasteiger partial charge in [-0.15, -0.1) is 0 Å². The Morgan fingerprint density at radius 2 is 1.68 bits per heavy atom. The molecule has 106 valence electrons. The third-order valence-electron chi connectivity index (χ3n) is 4.39. The first-order valence-electron chi connectivity index (χ1n) is 7.15. The molecule has 1 heterocycles. The smallest absolute Gasteiger partial charge is 0.0860 e. The summed E-state index contributed by atoms with van der Waals surface area (Å²) in [5.41, 5.74) is 7.98. The van der Waals surface area contributed by atoms with E-state index in [1.165, 1.54) is 5.56 Å². The van der Waals surface area contributed by atoms with Crippen molar-refractivity contribution in [2.45, 2.75) is 38.7 Å². The van der Waals surface area contributed by atoms with Crippen LogP contribution in [0, 0.1) is 5.41 Å². The van der Waals surface area contributed by atoms with Gasteiger partial charge in [-0.3, -0.25) is 0 Å². The number of aliphatic hydroxyl groups excluding tert-OH is 1. The second kappa shape index (κ2) is 6.04. The zero-order chi connectivity index (χ0) is 13.9. The molecule has 0 radical (unpaired) electrons. The Balaban J connectivity index is 2.19. The first-order chi connectivity index (χ1) is 9.09. The highest BCUT2D eigenvalue weighted by molar-refractivity contribution is 5.27. The molecule has 0 spiro atoms. The Labute approximate surface area is 115 Å². The number of benzene rings is 1. The van der Waals surface area contributed by atoms with Crippen molar-refractivity contribution in [2.24, 2.45) is 11.1 Å². The van der Waals surface area contributed by atoms with Gasteiger partial charge in [0.1, 0.15) is 0 Å². The summed E-state index contributed by atoms with van der Waals surface area (Å²) in [5.74, 6) is 0.512. The molecule has 1 aromatic carbocycles. The van der Waals surface area contributed by atoms with Crippen LogP contribution in [0.1, 0.15) is 49.8 Å². The standard InChI is InChI=1S/C16H25NO2/c1-12(2)13-3-5-14(6-4-13)15(18)16(11-17)7-9-19-10-8-16/h3-6,12,15,18H,7-11,17H2,1-2H3/t15-/m0/s1. The van der Waals surface area contributed by atoms with E-state index in [0.717, 1.165) is 18.4 Å². The van der Waals surface area contributed by atoms with Crippen LogP contribution >= 0.6 is 0 Å². The molecule has 1 saturated heterocycles. The van der Waals surface area contributed by atoms with Crippen LogP contribution in [-0.4, -0.2) is 24.9 Å². The largest absolute Gasteiger partial charge is 0.388 e. The Morgan fingerprint density at radius 1 is 1.16 bits per heavy atom. The van der Waals surface area contributed by atoms with E-state index in [1.54, 1.807) is 0 Å². The van der Waals surface area contributed by atoms with Gasteiger partial charge in [-0.05, 0) is 29.9 Å². The van der Waals surface area contributed by atoms with E-state index in [4.69, 9.17) is 10.5 Å². The van der Waals surface area contributed by atoms with Crippen LogP contribution in [0.2, 0.25) is 0 Å². The number of nitrogens with two attached hydrogens (primary N) is 1. The average Bonchev–Trinajstić information content (AvgIpc) is 2.47. The molecule has 2 rings (SSSR count). The first kappa shape index (κ1) is 14.5. The van der Waals surface area contributed by atoms with Crippen molar-refractivity contribution in [1.29, 1.82) is 0 Å². The van der Waals surface area contributed by atoms with Crippen LogP contribution < -0.4 is 5.73 Å². The van der Waals surface area contributed by atoms with Gasteiger partial charge in [-0.25, -0.2) is 0 Å². The molecule has 0 amide bonds. The highest BCUT2D eigenvalue weighted by Crippen LogP contribution is 2.41. The van der Waals surface area contributed by atoms with Crippen LogP contribution in [0.4, 0.5) is 0 Å². The van der Waals surface area contributed by atoms with Gasteiger partial charge in [0, 0.05) is 25.2 Å². The predicted molar refractivity (Wildman–Crippen MR) is 77.0 cm³/mol. The van der Waals surface area contributed by atoms with E-state index < -0.39 is 6.10 Å². The van der Waals surface area contributed by atoms with Crippen molar-refractivity contribution in [1.82, 2.24) is 0 Å².